The van der Waals surface area contributed by atoms with E-state index in [0.717, 1.165) is 6.61 Å². The molecule has 1 unspecified atom stereocenters. The largest absolute Gasteiger partial charge is 0.377 e. The van der Waals surface area contributed by atoms with E-state index in [4.69, 9.17) is 4.74 Å². The SMILES string of the molecule is CC(C)(Br)C1CCCO1. The van der Waals surface area contributed by atoms with Crippen LogP contribution in [0.3, 0.4) is 0 Å². The van der Waals surface area contributed by atoms with Gasteiger partial charge in [-0.25, -0.2) is 0 Å². The third-order valence-corrected chi connectivity index (χ3v) is 2.21. The lowest BCUT2D eigenvalue weighted by Crippen LogP contribution is -2.28. The summed E-state index contributed by atoms with van der Waals surface area (Å²) < 4.78 is 5.64. The molecule has 1 aliphatic heterocycles. The van der Waals surface area contributed by atoms with Gasteiger partial charge < -0.3 is 4.74 Å². The number of alkyl halides is 1. The number of hydrogen-bond acceptors (Lipinski definition) is 1. The Kier molecular flexibility index (Phi) is 2.17. The lowest BCUT2D eigenvalue weighted by molar-refractivity contribution is 0.0902. The van der Waals surface area contributed by atoms with E-state index in [1.807, 2.05) is 0 Å². The number of ether oxygens (including phenoxy) is 1. The van der Waals surface area contributed by atoms with Gasteiger partial charge in [-0.1, -0.05) is 15.9 Å². The molecular weight excluding hydrogens is 180 g/mol. The van der Waals surface area contributed by atoms with E-state index in [1.54, 1.807) is 0 Å². The van der Waals surface area contributed by atoms with Gasteiger partial charge in [-0.3, -0.25) is 0 Å². The van der Waals surface area contributed by atoms with Gasteiger partial charge in [0.15, 0.2) is 0 Å². The molecule has 1 atom stereocenters. The Balaban J connectivity index is 2.42. The Morgan fingerprint density at radius 1 is 1.56 bits per heavy atom. The van der Waals surface area contributed by atoms with E-state index in [0.29, 0.717) is 6.10 Å². The van der Waals surface area contributed by atoms with Gasteiger partial charge in [-0.2, -0.15) is 0 Å². The molecule has 9 heavy (non-hydrogen) atoms. The summed E-state index contributed by atoms with van der Waals surface area (Å²) in [6.07, 6.45) is 2.86. The number of rotatable bonds is 1. The van der Waals surface area contributed by atoms with Crippen molar-refractivity contribution >= 4 is 15.9 Å². The highest BCUT2D eigenvalue weighted by Gasteiger charge is 2.29. The van der Waals surface area contributed by atoms with Crippen LogP contribution < -0.4 is 0 Å². The van der Waals surface area contributed by atoms with Crippen molar-refractivity contribution in [3.63, 3.8) is 0 Å². The maximum Gasteiger partial charge on any atom is 0.0723 e. The zero-order valence-corrected chi connectivity index (χ0v) is 7.57. The number of halogens is 1. The second-order valence-corrected chi connectivity index (χ2v) is 5.11. The predicted octanol–water partition coefficient (Wildman–Crippen LogP) is 2.34. The fraction of sp³-hybridized carbons (Fsp3) is 1.00. The standard InChI is InChI=1S/C7H13BrO/c1-7(2,8)6-4-3-5-9-6/h6H,3-5H2,1-2H3. The van der Waals surface area contributed by atoms with Crippen molar-refractivity contribution in [2.75, 3.05) is 6.61 Å². The van der Waals surface area contributed by atoms with Gasteiger partial charge in [-0.15, -0.1) is 0 Å². The van der Waals surface area contributed by atoms with Crippen LogP contribution in [0.1, 0.15) is 26.7 Å². The van der Waals surface area contributed by atoms with Crippen molar-refractivity contribution in [2.24, 2.45) is 0 Å². The topological polar surface area (TPSA) is 9.23 Å². The highest BCUT2D eigenvalue weighted by molar-refractivity contribution is 9.10. The minimum absolute atomic E-state index is 0.170. The third kappa shape index (κ3) is 1.94. The fourth-order valence-electron chi connectivity index (χ4n) is 1.12. The minimum Gasteiger partial charge on any atom is -0.377 e. The Hall–Kier alpha value is 0.440. The molecule has 1 rings (SSSR count). The van der Waals surface area contributed by atoms with E-state index in [-0.39, 0.29) is 4.32 Å². The molecule has 1 heterocycles. The van der Waals surface area contributed by atoms with Gasteiger partial charge in [0.05, 0.1) is 6.10 Å². The molecule has 0 N–H and O–H groups in total. The minimum atomic E-state index is 0.170. The monoisotopic (exact) mass is 192 g/mol. The predicted molar refractivity (Wildman–Crippen MR) is 42.0 cm³/mol. The van der Waals surface area contributed by atoms with Crippen molar-refractivity contribution in [3.05, 3.63) is 0 Å². The normalized spacial score (nSPS) is 29.0. The molecule has 0 saturated carbocycles. The summed E-state index contributed by atoms with van der Waals surface area (Å²) in [5.74, 6) is 0. The molecule has 0 aliphatic carbocycles. The quantitative estimate of drug-likeness (QED) is 0.580. The van der Waals surface area contributed by atoms with E-state index in [2.05, 4.69) is 29.8 Å². The third-order valence-electron chi connectivity index (χ3n) is 1.70. The highest BCUT2D eigenvalue weighted by atomic mass is 79.9. The molecule has 54 valence electrons. The Labute approximate surface area is 64.9 Å². The van der Waals surface area contributed by atoms with Crippen LogP contribution in [0, 0.1) is 0 Å². The van der Waals surface area contributed by atoms with Crippen molar-refractivity contribution < 1.29 is 4.74 Å². The van der Waals surface area contributed by atoms with Gasteiger partial charge in [0.2, 0.25) is 0 Å². The smallest absolute Gasteiger partial charge is 0.0723 e. The van der Waals surface area contributed by atoms with Crippen molar-refractivity contribution in [1.82, 2.24) is 0 Å². The van der Waals surface area contributed by atoms with Crippen LogP contribution in [0.5, 0.6) is 0 Å². The van der Waals surface area contributed by atoms with Crippen LogP contribution in [-0.2, 0) is 4.74 Å². The molecule has 1 aliphatic rings. The molecule has 0 bridgehead atoms. The molecule has 2 heteroatoms. The van der Waals surface area contributed by atoms with Crippen LogP contribution in [0.2, 0.25) is 0 Å². The van der Waals surface area contributed by atoms with E-state index in [9.17, 15) is 0 Å². The Bertz CT molecular complexity index is 89.6. The molecule has 0 spiro atoms. The first-order chi connectivity index (χ1) is 4.11. The maximum atomic E-state index is 5.47. The van der Waals surface area contributed by atoms with Crippen LogP contribution in [0.25, 0.3) is 0 Å². The van der Waals surface area contributed by atoms with E-state index < -0.39 is 0 Å². The van der Waals surface area contributed by atoms with Crippen molar-refractivity contribution in [2.45, 2.75) is 37.1 Å². The first kappa shape index (κ1) is 7.55. The second kappa shape index (κ2) is 2.59. The Morgan fingerprint density at radius 3 is 2.44 bits per heavy atom. The average Bonchev–Trinajstić information content (AvgIpc) is 2.08. The molecule has 1 saturated heterocycles. The van der Waals surface area contributed by atoms with Gasteiger partial charge in [0, 0.05) is 10.9 Å². The lowest BCUT2D eigenvalue weighted by atomic mass is 10.0. The second-order valence-electron chi connectivity index (χ2n) is 3.07. The van der Waals surface area contributed by atoms with E-state index in [1.165, 1.54) is 12.8 Å². The van der Waals surface area contributed by atoms with Gasteiger partial charge in [-0.05, 0) is 26.7 Å². The average molecular weight is 193 g/mol. The van der Waals surface area contributed by atoms with Crippen LogP contribution in [-0.4, -0.2) is 17.0 Å². The first-order valence-corrected chi connectivity index (χ1v) is 4.20. The van der Waals surface area contributed by atoms with Gasteiger partial charge in [0.25, 0.3) is 0 Å². The molecule has 0 amide bonds. The Morgan fingerprint density at radius 2 is 2.22 bits per heavy atom. The summed E-state index contributed by atoms with van der Waals surface area (Å²) in [5.41, 5.74) is 0. The summed E-state index contributed by atoms with van der Waals surface area (Å²) >= 11 is 3.58. The fourth-order valence-corrected chi connectivity index (χ4v) is 1.48. The molecule has 0 aromatic rings. The molecule has 0 aromatic carbocycles. The lowest BCUT2D eigenvalue weighted by Gasteiger charge is -2.23. The van der Waals surface area contributed by atoms with Gasteiger partial charge in [0.1, 0.15) is 0 Å². The zero-order chi connectivity index (χ0) is 6.91. The molecule has 0 aromatic heterocycles. The first-order valence-electron chi connectivity index (χ1n) is 3.41. The summed E-state index contributed by atoms with van der Waals surface area (Å²) in [4.78, 5) is 0. The zero-order valence-electron chi connectivity index (χ0n) is 5.98. The van der Waals surface area contributed by atoms with Crippen LogP contribution in [0.15, 0.2) is 0 Å². The van der Waals surface area contributed by atoms with Crippen LogP contribution >= 0.6 is 15.9 Å². The van der Waals surface area contributed by atoms with E-state index >= 15 is 0 Å². The summed E-state index contributed by atoms with van der Waals surface area (Å²) in [6.45, 7) is 5.26. The molecule has 1 fully saturated rings. The summed E-state index contributed by atoms with van der Waals surface area (Å²) in [7, 11) is 0. The highest BCUT2D eigenvalue weighted by Crippen LogP contribution is 2.30. The molecule has 1 nitrogen and oxygen atoms in total. The van der Waals surface area contributed by atoms with Crippen molar-refractivity contribution in [1.29, 1.82) is 0 Å². The van der Waals surface area contributed by atoms with Gasteiger partial charge >= 0.3 is 0 Å². The van der Waals surface area contributed by atoms with Crippen LogP contribution in [0.4, 0.5) is 0 Å². The van der Waals surface area contributed by atoms with Crippen molar-refractivity contribution in [3.8, 4) is 0 Å². The summed E-state index contributed by atoms with van der Waals surface area (Å²) in [5, 5.41) is 0. The molecule has 0 radical (unpaired) electrons. The maximum absolute atomic E-state index is 5.47. The number of hydrogen-bond donors (Lipinski definition) is 0. The molecular formula is C7H13BrO. The summed E-state index contributed by atoms with van der Waals surface area (Å²) in [6, 6.07) is 0.